The lowest BCUT2D eigenvalue weighted by Crippen LogP contribution is -2.51. The van der Waals surface area contributed by atoms with Gasteiger partial charge in [0.15, 0.2) is 0 Å². The smallest absolute Gasteiger partial charge is 0.0916 e. The zero-order chi connectivity index (χ0) is 12.7. The molecular formula is C11H25NO3S. The van der Waals surface area contributed by atoms with E-state index in [4.69, 9.17) is 13.0 Å². The molecule has 0 aromatic heterocycles. The fourth-order valence-electron chi connectivity index (χ4n) is 2.36. The highest BCUT2D eigenvalue weighted by Crippen LogP contribution is 2.18. The van der Waals surface area contributed by atoms with Crippen molar-refractivity contribution < 1.29 is 17.5 Å². The molecule has 0 aromatic carbocycles. The normalized spacial score (nSPS) is 19.8. The number of likely N-dealkylation sites (tertiary alicyclic amines) is 1. The quantitative estimate of drug-likeness (QED) is 0.565. The van der Waals surface area contributed by atoms with E-state index in [1.54, 1.807) is 0 Å². The molecule has 16 heavy (non-hydrogen) atoms. The van der Waals surface area contributed by atoms with E-state index in [-0.39, 0.29) is 0 Å². The van der Waals surface area contributed by atoms with Crippen molar-refractivity contribution in [1.29, 1.82) is 0 Å². The van der Waals surface area contributed by atoms with Crippen LogP contribution in [-0.2, 0) is 10.1 Å². The first kappa shape index (κ1) is 15.9. The minimum absolute atomic E-state index is 0.604. The second-order valence-electron chi connectivity index (χ2n) is 4.59. The Hall–Kier alpha value is -0.130. The van der Waals surface area contributed by atoms with Crippen molar-refractivity contribution in [2.45, 2.75) is 39.5 Å². The van der Waals surface area contributed by atoms with Crippen molar-refractivity contribution in [3.05, 3.63) is 0 Å². The van der Waals surface area contributed by atoms with Gasteiger partial charge in [-0.05, 0) is 32.6 Å². The summed E-state index contributed by atoms with van der Waals surface area (Å²) >= 11 is 0. The third-order valence-corrected chi connectivity index (χ3v) is 3.13. The summed E-state index contributed by atoms with van der Waals surface area (Å²) in [5, 5.41) is 0. The monoisotopic (exact) mass is 251 g/mol. The Labute approximate surface area is 100.0 Å². The lowest BCUT2D eigenvalue weighted by atomic mass is 10.1. The Morgan fingerprint density at radius 3 is 1.88 bits per heavy atom. The molecule has 1 fully saturated rings. The molecule has 0 amide bonds. The summed E-state index contributed by atoms with van der Waals surface area (Å²) in [5.41, 5.74) is 0. The van der Waals surface area contributed by atoms with Gasteiger partial charge in [0.1, 0.15) is 0 Å². The van der Waals surface area contributed by atoms with Gasteiger partial charge in [-0.2, -0.15) is 0 Å². The molecule has 0 aromatic rings. The average molecular weight is 251 g/mol. The van der Waals surface area contributed by atoms with Crippen molar-refractivity contribution >= 4 is 10.1 Å². The summed E-state index contributed by atoms with van der Waals surface area (Å²) in [6.07, 6.45) is 6.37. The van der Waals surface area contributed by atoms with E-state index in [0.717, 1.165) is 0 Å². The molecular weight excluding hydrogens is 226 g/mol. The Balaban J connectivity index is 0.000000385. The molecule has 0 bridgehead atoms. The molecule has 0 radical (unpaired) electrons. The lowest BCUT2D eigenvalue weighted by Gasteiger charge is -2.40. The van der Waals surface area contributed by atoms with Gasteiger partial charge in [0.25, 0.3) is 0 Å². The molecule has 0 N–H and O–H groups in total. The van der Waals surface area contributed by atoms with Crippen molar-refractivity contribution in [2.24, 2.45) is 0 Å². The fraction of sp³-hybridized carbons (Fsp3) is 1.00. The van der Waals surface area contributed by atoms with E-state index in [9.17, 15) is 0 Å². The van der Waals surface area contributed by atoms with E-state index in [2.05, 4.69) is 13.8 Å². The summed E-state index contributed by atoms with van der Waals surface area (Å²) in [4.78, 5) is 0. The largest absolute Gasteiger partial charge is 0.748 e. The molecule has 0 aliphatic carbocycles. The molecule has 1 saturated heterocycles. The van der Waals surface area contributed by atoms with E-state index < -0.39 is 10.1 Å². The number of piperidine rings is 1. The molecule has 0 spiro atoms. The van der Waals surface area contributed by atoms with Gasteiger partial charge in [-0.3, -0.25) is 0 Å². The maximum atomic E-state index is 9.08. The molecule has 0 unspecified atom stereocenters. The third-order valence-electron chi connectivity index (χ3n) is 3.13. The zero-order valence-corrected chi connectivity index (χ0v) is 11.6. The number of nitrogens with zero attached hydrogens (tertiary/aromatic N) is 1. The van der Waals surface area contributed by atoms with Gasteiger partial charge in [0.2, 0.25) is 0 Å². The topological polar surface area (TPSA) is 57.2 Å². The molecule has 1 aliphatic rings. The highest BCUT2D eigenvalue weighted by atomic mass is 32.2. The highest BCUT2D eigenvalue weighted by molar-refractivity contribution is 7.84. The number of hydrogen-bond donors (Lipinski definition) is 0. The van der Waals surface area contributed by atoms with Gasteiger partial charge < -0.3 is 9.04 Å². The highest BCUT2D eigenvalue weighted by Gasteiger charge is 2.26. The van der Waals surface area contributed by atoms with Crippen LogP contribution in [0.15, 0.2) is 0 Å². The first-order valence-electron chi connectivity index (χ1n) is 6.09. The SMILES string of the molecule is CCC[N+]1(CC)CCCCC1.CS(=O)(=O)[O-]. The van der Waals surface area contributed by atoms with Crippen LogP contribution in [0.1, 0.15) is 39.5 Å². The summed E-state index contributed by atoms with van der Waals surface area (Å²) in [7, 11) is -3.92. The van der Waals surface area contributed by atoms with Gasteiger partial charge in [-0.25, -0.2) is 8.42 Å². The Kier molecular flexibility index (Phi) is 7.19. The number of quaternary nitrogens is 1. The predicted molar refractivity (Wildman–Crippen MR) is 65.2 cm³/mol. The van der Waals surface area contributed by atoms with Crippen LogP contribution in [0.4, 0.5) is 0 Å². The molecule has 1 aliphatic heterocycles. The summed E-state index contributed by atoms with van der Waals surface area (Å²) in [5.74, 6) is 0. The molecule has 0 atom stereocenters. The van der Waals surface area contributed by atoms with Crippen LogP contribution in [0.5, 0.6) is 0 Å². The van der Waals surface area contributed by atoms with Crippen LogP contribution in [0, 0.1) is 0 Å². The van der Waals surface area contributed by atoms with E-state index in [0.29, 0.717) is 6.26 Å². The van der Waals surface area contributed by atoms with Crippen LogP contribution in [-0.4, -0.2) is 49.9 Å². The summed E-state index contributed by atoms with van der Waals surface area (Å²) in [6.45, 7) is 10.3. The van der Waals surface area contributed by atoms with E-state index in [1.165, 1.54) is 56.3 Å². The van der Waals surface area contributed by atoms with Crippen LogP contribution in [0.3, 0.4) is 0 Å². The predicted octanol–water partition coefficient (Wildman–Crippen LogP) is 1.58. The van der Waals surface area contributed by atoms with Crippen LogP contribution >= 0.6 is 0 Å². The number of hydrogen-bond acceptors (Lipinski definition) is 3. The molecule has 98 valence electrons. The standard InChI is InChI=1S/C10H22N.CH4O3S/c1-3-8-11(4-2)9-6-5-7-10-11;1-5(2,3)4/h3-10H2,1-2H3;1H3,(H,2,3,4)/q+1;/p-1. The Morgan fingerprint density at radius 2 is 1.56 bits per heavy atom. The second kappa shape index (κ2) is 7.25. The van der Waals surface area contributed by atoms with Crippen LogP contribution in [0.2, 0.25) is 0 Å². The molecule has 1 rings (SSSR count). The van der Waals surface area contributed by atoms with Gasteiger partial charge in [-0.1, -0.05) is 6.92 Å². The molecule has 0 saturated carbocycles. The van der Waals surface area contributed by atoms with Crippen LogP contribution < -0.4 is 0 Å². The fourth-order valence-corrected chi connectivity index (χ4v) is 2.36. The first-order valence-corrected chi connectivity index (χ1v) is 7.90. The summed E-state index contributed by atoms with van der Waals surface area (Å²) in [6, 6.07) is 0. The Morgan fingerprint density at radius 1 is 1.12 bits per heavy atom. The van der Waals surface area contributed by atoms with Gasteiger partial charge in [0.05, 0.1) is 36.3 Å². The van der Waals surface area contributed by atoms with Crippen molar-refractivity contribution in [3.63, 3.8) is 0 Å². The minimum Gasteiger partial charge on any atom is -0.748 e. The molecule has 1 heterocycles. The Bertz CT molecular complexity index is 255. The molecule has 5 heteroatoms. The van der Waals surface area contributed by atoms with Gasteiger partial charge >= 0.3 is 0 Å². The second-order valence-corrected chi connectivity index (χ2v) is 6.00. The van der Waals surface area contributed by atoms with Crippen molar-refractivity contribution in [2.75, 3.05) is 32.4 Å². The van der Waals surface area contributed by atoms with E-state index in [1.807, 2.05) is 0 Å². The minimum atomic E-state index is -3.92. The first-order chi connectivity index (χ1) is 7.33. The average Bonchev–Trinajstić information content (AvgIpc) is 2.17. The zero-order valence-electron chi connectivity index (χ0n) is 10.7. The lowest BCUT2D eigenvalue weighted by molar-refractivity contribution is -0.930. The van der Waals surface area contributed by atoms with E-state index >= 15 is 0 Å². The van der Waals surface area contributed by atoms with Gasteiger partial charge in [-0.15, -0.1) is 0 Å². The van der Waals surface area contributed by atoms with Crippen molar-refractivity contribution in [1.82, 2.24) is 0 Å². The van der Waals surface area contributed by atoms with Crippen LogP contribution in [0.25, 0.3) is 0 Å². The maximum Gasteiger partial charge on any atom is 0.0916 e. The van der Waals surface area contributed by atoms with Crippen molar-refractivity contribution in [3.8, 4) is 0 Å². The summed E-state index contributed by atoms with van der Waals surface area (Å²) < 4.78 is 28.6. The molecule has 4 nitrogen and oxygen atoms in total. The third kappa shape index (κ3) is 8.07. The van der Waals surface area contributed by atoms with Gasteiger partial charge in [0, 0.05) is 6.26 Å². The maximum absolute atomic E-state index is 9.08. The number of rotatable bonds is 3.